The number of aryl methyl sites for hydroxylation is 1. The molecule has 0 saturated heterocycles. The molecule has 0 amide bonds. The summed E-state index contributed by atoms with van der Waals surface area (Å²) in [6.45, 7) is 1.94. The van der Waals surface area contributed by atoms with Gasteiger partial charge in [-0.1, -0.05) is 40.7 Å². The van der Waals surface area contributed by atoms with E-state index in [9.17, 15) is 5.11 Å². The van der Waals surface area contributed by atoms with E-state index in [1.165, 1.54) is 11.8 Å². The Kier molecular flexibility index (Phi) is 4.07. The molecule has 4 rings (SSSR count). The van der Waals surface area contributed by atoms with Crippen LogP contribution in [0.2, 0.25) is 0 Å². The fraction of sp³-hybridized carbons (Fsp3) is 0.375. The molecule has 1 N–H and O–H groups in total. The Morgan fingerprint density at radius 1 is 1.33 bits per heavy atom. The van der Waals surface area contributed by atoms with Crippen LogP contribution in [0.5, 0.6) is 0 Å². The summed E-state index contributed by atoms with van der Waals surface area (Å²) < 4.78 is 7.36. The molecule has 0 radical (unpaired) electrons. The Labute approximate surface area is 143 Å². The van der Waals surface area contributed by atoms with Gasteiger partial charge in [0, 0.05) is 11.6 Å². The van der Waals surface area contributed by atoms with Gasteiger partial charge < -0.3 is 14.2 Å². The lowest BCUT2D eigenvalue weighted by Crippen LogP contribution is -2.02. The summed E-state index contributed by atoms with van der Waals surface area (Å²) in [5.74, 6) is 2.28. The Hall–Kier alpha value is -2.19. The summed E-state index contributed by atoms with van der Waals surface area (Å²) in [6.07, 6.45) is 2.22. The molecular formula is C16H17N5O2S. The standard InChI is InChI=1S/C16H17N5O2S/c1-10-3-2-4-11(7-10)15-17-14(23-20-15)9-24-16-19-18-13(8-22)21(16)12-5-6-12/h2-4,7,12,22H,5-6,8-9H2,1H3. The van der Waals surface area contributed by atoms with Crippen molar-refractivity contribution in [3.63, 3.8) is 0 Å². The average Bonchev–Trinajstić information content (AvgIpc) is 3.17. The van der Waals surface area contributed by atoms with Crippen LogP contribution in [-0.4, -0.2) is 30.0 Å². The second-order valence-electron chi connectivity index (χ2n) is 5.83. The Morgan fingerprint density at radius 2 is 2.21 bits per heavy atom. The lowest BCUT2D eigenvalue weighted by molar-refractivity contribution is 0.263. The maximum atomic E-state index is 9.37. The zero-order valence-corrected chi connectivity index (χ0v) is 14.0. The monoisotopic (exact) mass is 343 g/mol. The van der Waals surface area contributed by atoms with Gasteiger partial charge in [-0.05, 0) is 25.8 Å². The van der Waals surface area contributed by atoms with E-state index < -0.39 is 0 Å². The molecule has 3 aromatic rings. The highest BCUT2D eigenvalue weighted by Crippen LogP contribution is 2.39. The fourth-order valence-corrected chi connectivity index (χ4v) is 3.42. The van der Waals surface area contributed by atoms with Crippen molar-refractivity contribution in [1.82, 2.24) is 24.9 Å². The van der Waals surface area contributed by atoms with Crippen molar-refractivity contribution in [1.29, 1.82) is 0 Å². The van der Waals surface area contributed by atoms with Crippen LogP contribution in [0.4, 0.5) is 0 Å². The Balaban J connectivity index is 1.48. The molecule has 1 aromatic carbocycles. The number of aromatic nitrogens is 5. The molecule has 2 aromatic heterocycles. The number of nitrogens with zero attached hydrogens (tertiary/aromatic N) is 5. The number of aliphatic hydroxyl groups excluding tert-OH is 1. The number of rotatable bonds is 6. The zero-order valence-electron chi connectivity index (χ0n) is 13.2. The van der Waals surface area contributed by atoms with Crippen LogP contribution in [0.1, 0.15) is 36.2 Å². The summed E-state index contributed by atoms with van der Waals surface area (Å²) in [6, 6.07) is 8.41. The fourth-order valence-electron chi connectivity index (χ4n) is 2.55. The molecule has 1 aliphatic rings. The normalized spacial score (nSPS) is 14.2. The molecule has 0 bridgehead atoms. The van der Waals surface area contributed by atoms with Crippen LogP contribution in [0.3, 0.4) is 0 Å². The van der Waals surface area contributed by atoms with Crippen molar-refractivity contribution in [2.45, 2.75) is 43.3 Å². The zero-order chi connectivity index (χ0) is 16.5. The minimum absolute atomic E-state index is 0.0951. The van der Waals surface area contributed by atoms with Crippen LogP contribution in [0, 0.1) is 6.92 Å². The Bertz CT molecular complexity index is 856. The van der Waals surface area contributed by atoms with Crippen molar-refractivity contribution in [3.05, 3.63) is 41.5 Å². The smallest absolute Gasteiger partial charge is 0.237 e. The number of hydrogen-bond donors (Lipinski definition) is 1. The molecule has 0 atom stereocenters. The van der Waals surface area contributed by atoms with Crippen LogP contribution >= 0.6 is 11.8 Å². The number of benzene rings is 1. The lowest BCUT2D eigenvalue weighted by Gasteiger charge is -2.05. The first-order valence-corrected chi connectivity index (χ1v) is 8.80. The van der Waals surface area contributed by atoms with Crippen molar-refractivity contribution < 1.29 is 9.63 Å². The molecule has 2 heterocycles. The molecule has 24 heavy (non-hydrogen) atoms. The van der Waals surface area contributed by atoms with Gasteiger partial charge in [0.15, 0.2) is 11.0 Å². The number of thioether (sulfide) groups is 1. The maximum Gasteiger partial charge on any atom is 0.237 e. The maximum absolute atomic E-state index is 9.37. The third-order valence-electron chi connectivity index (χ3n) is 3.86. The van der Waals surface area contributed by atoms with E-state index in [0.717, 1.165) is 29.1 Å². The van der Waals surface area contributed by atoms with Crippen molar-refractivity contribution in [3.8, 4) is 11.4 Å². The first-order valence-electron chi connectivity index (χ1n) is 7.81. The van der Waals surface area contributed by atoms with E-state index >= 15 is 0 Å². The highest BCUT2D eigenvalue weighted by molar-refractivity contribution is 7.98. The van der Waals surface area contributed by atoms with Crippen LogP contribution in [-0.2, 0) is 12.4 Å². The number of aliphatic hydroxyl groups is 1. The highest BCUT2D eigenvalue weighted by Gasteiger charge is 2.29. The van der Waals surface area contributed by atoms with E-state index in [-0.39, 0.29) is 6.61 Å². The third-order valence-corrected chi connectivity index (χ3v) is 4.79. The van der Waals surface area contributed by atoms with E-state index in [1.54, 1.807) is 0 Å². The van der Waals surface area contributed by atoms with Gasteiger partial charge in [-0.25, -0.2) is 0 Å². The summed E-state index contributed by atoms with van der Waals surface area (Å²) in [5, 5.41) is 22.4. The minimum Gasteiger partial charge on any atom is -0.388 e. The van der Waals surface area contributed by atoms with Gasteiger partial charge >= 0.3 is 0 Å². The molecule has 8 heteroatoms. The molecule has 1 aliphatic carbocycles. The molecule has 1 saturated carbocycles. The van der Waals surface area contributed by atoms with Crippen LogP contribution in [0.15, 0.2) is 33.9 Å². The largest absolute Gasteiger partial charge is 0.388 e. The SMILES string of the molecule is Cc1cccc(-c2noc(CSc3nnc(CO)n3C3CC3)n2)c1. The second kappa shape index (κ2) is 6.37. The molecule has 1 fully saturated rings. The van der Waals surface area contributed by atoms with Gasteiger partial charge in [-0.2, -0.15) is 4.98 Å². The van der Waals surface area contributed by atoms with Crippen molar-refractivity contribution in [2.24, 2.45) is 0 Å². The van der Waals surface area contributed by atoms with E-state index in [0.29, 0.717) is 29.3 Å². The molecule has 0 aliphatic heterocycles. The summed E-state index contributed by atoms with van der Waals surface area (Å²) in [4.78, 5) is 4.45. The summed E-state index contributed by atoms with van der Waals surface area (Å²) in [7, 11) is 0. The molecule has 0 unspecified atom stereocenters. The van der Waals surface area contributed by atoms with Gasteiger partial charge in [0.05, 0.1) is 5.75 Å². The van der Waals surface area contributed by atoms with E-state index in [1.807, 2.05) is 35.8 Å². The summed E-state index contributed by atoms with van der Waals surface area (Å²) in [5.41, 5.74) is 2.10. The summed E-state index contributed by atoms with van der Waals surface area (Å²) >= 11 is 1.50. The minimum atomic E-state index is -0.0951. The Morgan fingerprint density at radius 3 is 2.96 bits per heavy atom. The van der Waals surface area contributed by atoms with Gasteiger partial charge in [0.25, 0.3) is 0 Å². The highest BCUT2D eigenvalue weighted by atomic mass is 32.2. The predicted molar refractivity (Wildman–Crippen MR) is 88.2 cm³/mol. The molecular weight excluding hydrogens is 326 g/mol. The topological polar surface area (TPSA) is 89.9 Å². The quantitative estimate of drug-likeness (QED) is 0.688. The van der Waals surface area contributed by atoms with Crippen LogP contribution < -0.4 is 0 Å². The lowest BCUT2D eigenvalue weighted by atomic mass is 10.1. The van der Waals surface area contributed by atoms with E-state index in [2.05, 4.69) is 20.3 Å². The first-order chi connectivity index (χ1) is 11.7. The second-order valence-corrected chi connectivity index (χ2v) is 6.77. The molecule has 7 nitrogen and oxygen atoms in total. The molecule has 0 spiro atoms. The van der Waals surface area contributed by atoms with E-state index in [4.69, 9.17) is 4.52 Å². The van der Waals surface area contributed by atoms with Gasteiger partial charge in [-0.3, -0.25) is 0 Å². The van der Waals surface area contributed by atoms with Gasteiger partial charge in [0.1, 0.15) is 6.61 Å². The van der Waals surface area contributed by atoms with Gasteiger partial charge in [-0.15, -0.1) is 10.2 Å². The van der Waals surface area contributed by atoms with Crippen molar-refractivity contribution in [2.75, 3.05) is 0 Å². The predicted octanol–water partition coefficient (Wildman–Crippen LogP) is 2.76. The van der Waals surface area contributed by atoms with Gasteiger partial charge in [0.2, 0.25) is 11.7 Å². The third kappa shape index (κ3) is 3.07. The van der Waals surface area contributed by atoms with Crippen molar-refractivity contribution >= 4 is 11.8 Å². The number of hydrogen-bond acceptors (Lipinski definition) is 7. The van der Waals surface area contributed by atoms with Crippen LogP contribution in [0.25, 0.3) is 11.4 Å². The molecule has 124 valence electrons. The first kappa shape index (κ1) is 15.3. The average molecular weight is 343 g/mol.